The van der Waals surface area contributed by atoms with E-state index < -0.39 is 0 Å². The number of rotatable bonds is 3. The molecule has 1 aliphatic rings. The molecule has 1 heterocycles. The molecule has 1 aromatic carbocycles. The lowest BCUT2D eigenvalue weighted by molar-refractivity contribution is -0.898. The minimum absolute atomic E-state index is 0.126. The molecule has 0 aliphatic carbocycles. The molecule has 0 unspecified atom stereocenters. The Morgan fingerprint density at radius 2 is 1.81 bits per heavy atom. The van der Waals surface area contributed by atoms with Gasteiger partial charge >= 0.3 is 0 Å². The molecule has 0 radical (unpaired) electrons. The van der Waals surface area contributed by atoms with Gasteiger partial charge in [0.25, 0.3) is 5.91 Å². The Balaban J connectivity index is 1.99. The lowest BCUT2D eigenvalue weighted by Gasteiger charge is -2.31. The summed E-state index contributed by atoms with van der Waals surface area (Å²) in [7, 11) is 0. The van der Waals surface area contributed by atoms with Crippen LogP contribution in [-0.4, -0.2) is 43.5 Å². The number of quaternary nitrogens is 1. The van der Waals surface area contributed by atoms with E-state index in [0.717, 1.165) is 38.3 Å². The summed E-state index contributed by atoms with van der Waals surface area (Å²) < 4.78 is 0. The van der Waals surface area contributed by atoms with Crippen LogP contribution in [0.25, 0.3) is 0 Å². The number of piperazine rings is 1. The summed E-state index contributed by atoms with van der Waals surface area (Å²) in [6.07, 6.45) is 1.96. The van der Waals surface area contributed by atoms with Crippen molar-refractivity contribution in [1.29, 1.82) is 0 Å². The van der Waals surface area contributed by atoms with E-state index in [-0.39, 0.29) is 11.3 Å². The Kier molecular flexibility index (Phi) is 4.84. The van der Waals surface area contributed by atoms with Crippen molar-refractivity contribution in [3.63, 3.8) is 0 Å². The van der Waals surface area contributed by atoms with Crippen molar-refractivity contribution in [1.82, 2.24) is 4.90 Å². The Morgan fingerprint density at radius 3 is 2.29 bits per heavy atom. The smallest absolute Gasteiger partial charge is 0.254 e. The van der Waals surface area contributed by atoms with Gasteiger partial charge in [0.1, 0.15) is 0 Å². The minimum Gasteiger partial charge on any atom is -0.329 e. The molecule has 1 aromatic rings. The van der Waals surface area contributed by atoms with Crippen LogP contribution in [0, 0.1) is 0 Å². The van der Waals surface area contributed by atoms with Gasteiger partial charge in [0.15, 0.2) is 0 Å². The van der Waals surface area contributed by atoms with Crippen molar-refractivity contribution in [3.05, 3.63) is 48.0 Å². The summed E-state index contributed by atoms with van der Waals surface area (Å²) in [5.41, 5.74) is 2.19. The van der Waals surface area contributed by atoms with Crippen molar-refractivity contribution >= 4 is 5.91 Å². The lowest BCUT2D eigenvalue weighted by Crippen LogP contribution is -3.14. The van der Waals surface area contributed by atoms with Gasteiger partial charge in [-0.15, -0.1) is 0 Å². The normalized spacial score (nSPS) is 16.8. The average Bonchev–Trinajstić information content (AvgIpc) is 2.47. The van der Waals surface area contributed by atoms with Crippen LogP contribution in [0.3, 0.4) is 0 Å². The van der Waals surface area contributed by atoms with E-state index in [1.807, 2.05) is 23.1 Å². The quantitative estimate of drug-likeness (QED) is 0.838. The van der Waals surface area contributed by atoms with Crippen molar-refractivity contribution in [2.75, 3.05) is 32.7 Å². The first kappa shape index (κ1) is 15.8. The zero-order chi connectivity index (χ0) is 15.5. The summed E-state index contributed by atoms with van der Waals surface area (Å²) in [4.78, 5) is 16.0. The number of nitrogens with one attached hydrogen (secondary N) is 1. The molecule has 2 rings (SSSR count). The second-order valence-corrected chi connectivity index (χ2v) is 6.86. The summed E-state index contributed by atoms with van der Waals surface area (Å²) in [6, 6.07) is 8.08. The van der Waals surface area contributed by atoms with Crippen LogP contribution in [0.1, 0.15) is 36.7 Å². The van der Waals surface area contributed by atoms with Gasteiger partial charge in [-0.25, -0.2) is 0 Å². The second-order valence-electron chi connectivity index (χ2n) is 6.86. The molecule has 1 amide bonds. The fraction of sp³-hybridized carbons (Fsp3) is 0.500. The van der Waals surface area contributed by atoms with E-state index in [1.54, 1.807) is 0 Å². The van der Waals surface area contributed by atoms with E-state index in [4.69, 9.17) is 0 Å². The molecular formula is C18H27N2O+. The van der Waals surface area contributed by atoms with Gasteiger partial charge in [-0.05, 0) is 29.2 Å². The highest BCUT2D eigenvalue weighted by molar-refractivity contribution is 5.94. The third-order valence-electron chi connectivity index (χ3n) is 4.19. The molecule has 1 aliphatic heterocycles. The molecule has 21 heavy (non-hydrogen) atoms. The largest absolute Gasteiger partial charge is 0.329 e. The van der Waals surface area contributed by atoms with Crippen molar-refractivity contribution < 1.29 is 9.69 Å². The number of carbonyl (C=O) groups excluding carboxylic acids is 1. The second kappa shape index (κ2) is 6.44. The molecule has 0 atom stereocenters. The highest BCUT2D eigenvalue weighted by Crippen LogP contribution is 2.22. The molecule has 3 nitrogen and oxygen atoms in total. The van der Waals surface area contributed by atoms with E-state index in [9.17, 15) is 4.79 Å². The first-order valence-electron chi connectivity index (χ1n) is 7.76. The molecular weight excluding hydrogens is 260 g/mol. The van der Waals surface area contributed by atoms with Crippen LogP contribution in [0.4, 0.5) is 0 Å². The predicted octanol–water partition coefficient (Wildman–Crippen LogP) is 1.51. The van der Waals surface area contributed by atoms with Gasteiger partial charge < -0.3 is 9.80 Å². The van der Waals surface area contributed by atoms with Crippen LogP contribution >= 0.6 is 0 Å². The fourth-order valence-corrected chi connectivity index (χ4v) is 2.73. The average molecular weight is 287 g/mol. The van der Waals surface area contributed by atoms with Crippen molar-refractivity contribution in [2.24, 2.45) is 0 Å². The third kappa shape index (κ3) is 3.94. The molecule has 1 fully saturated rings. The molecule has 0 bridgehead atoms. The first-order chi connectivity index (χ1) is 9.91. The number of hydrogen-bond acceptors (Lipinski definition) is 1. The van der Waals surface area contributed by atoms with E-state index in [2.05, 4.69) is 39.5 Å². The summed E-state index contributed by atoms with van der Waals surface area (Å²) >= 11 is 0. The Morgan fingerprint density at radius 1 is 1.24 bits per heavy atom. The predicted molar refractivity (Wildman–Crippen MR) is 86.8 cm³/mol. The number of amides is 1. The molecule has 1 saturated heterocycles. The van der Waals surface area contributed by atoms with Crippen LogP contribution < -0.4 is 4.90 Å². The molecule has 0 spiro atoms. The molecule has 1 N–H and O–H groups in total. The van der Waals surface area contributed by atoms with Gasteiger partial charge in [-0.2, -0.15) is 0 Å². The van der Waals surface area contributed by atoms with Crippen molar-refractivity contribution in [2.45, 2.75) is 26.2 Å². The molecule has 114 valence electrons. The molecule has 3 heteroatoms. The number of benzene rings is 1. The summed E-state index contributed by atoms with van der Waals surface area (Å²) in [5, 5.41) is 0. The number of carbonyl (C=O) groups is 1. The van der Waals surface area contributed by atoms with E-state index in [1.165, 1.54) is 10.5 Å². The summed E-state index contributed by atoms with van der Waals surface area (Å²) in [6.45, 7) is 15.0. The fourth-order valence-electron chi connectivity index (χ4n) is 2.73. The van der Waals surface area contributed by atoms with Crippen LogP contribution in [0.15, 0.2) is 36.9 Å². The highest BCUT2D eigenvalue weighted by atomic mass is 16.2. The maximum absolute atomic E-state index is 12.5. The maximum Gasteiger partial charge on any atom is 0.254 e. The number of hydrogen-bond donors (Lipinski definition) is 1. The molecule has 0 saturated carbocycles. The monoisotopic (exact) mass is 287 g/mol. The SMILES string of the molecule is C=CC[NH+]1CCN(C(=O)c2ccc(C(C)(C)C)cc2)CC1. The van der Waals surface area contributed by atoms with Crippen LogP contribution in [0.2, 0.25) is 0 Å². The number of nitrogens with zero attached hydrogens (tertiary/aromatic N) is 1. The first-order valence-corrected chi connectivity index (χ1v) is 7.76. The maximum atomic E-state index is 12.5. The summed E-state index contributed by atoms with van der Waals surface area (Å²) in [5.74, 6) is 0.160. The third-order valence-corrected chi connectivity index (χ3v) is 4.19. The van der Waals surface area contributed by atoms with E-state index >= 15 is 0 Å². The minimum atomic E-state index is 0.126. The topological polar surface area (TPSA) is 24.8 Å². The molecule has 0 aromatic heterocycles. The highest BCUT2D eigenvalue weighted by Gasteiger charge is 2.24. The van der Waals surface area contributed by atoms with Crippen LogP contribution in [0.5, 0.6) is 0 Å². The zero-order valence-corrected chi connectivity index (χ0v) is 13.5. The van der Waals surface area contributed by atoms with Gasteiger partial charge in [-0.3, -0.25) is 4.79 Å². The van der Waals surface area contributed by atoms with Gasteiger partial charge in [0, 0.05) is 5.56 Å². The zero-order valence-electron chi connectivity index (χ0n) is 13.5. The van der Waals surface area contributed by atoms with Gasteiger partial charge in [0.2, 0.25) is 0 Å². The van der Waals surface area contributed by atoms with Crippen LogP contribution in [-0.2, 0) is 5.41 Å². The lowest BCUT2D eigenvalue weighted by atomic mass is 9.86. The van der Waals surface area contributed by atoms with Crippen molar-refractivity contribution in [3.8, 4) is 0 Å². The Bertz CT molecular complexity index is 491. The van der Waals surface area contributed by atoms with E-state index in [0.29, 0.717) is 0 Å². The standard InChI is InChI=1S/C18H26N2O/c1-5-10-19-11-13-20(14-12-19)17(21)15-6-8-16(9-7-15)18(2,3)4/h5-9H,1,10-14H2,2-4H3/p+1. The van der Waals surface area contributed by atoms with Gasteiger partial charge in [-0.1, -0.05) is 39.5 Å². The van der Waals surface area contributed by atoms with Gasteiger partial charge in [0.05, 0.1) is 32.7 Å². The Hall–Kier alpha value is -1.61. The Labute approximate surface area is 128 Å².